The van der Waals surface area contributed by atoms with Crippen LogP contribution in [0.25, 0.3) is 0 Å². The predicted molar refractivity (Wildman–Crippen MR) is 110 cm³/mol. The third kappa shape index (κ3) is 3.77. The maximum Gasteiger partial charge on any atom is 0.245 e. The first-order valence-corrected chi connectivity index (χ1v) is 11.0. The second-order valence-corrected chi connectivity index (χ2v) is 8.67. The number of anilines is 1. The molecule has 0 radical (unpaired) electrons. The number of nitrogens with zero attached hydrogens (tertiary/aromatic N) is 3. The summed E-state index contributed by atoms with van der Waals surface area (Å²) in [6.07, 6.45) is -0.631. The van der Waals surface area contributed by atoms with Gasteiger partial charge in [0.05, 0.1) is 4.90 Å². The molecule has 0 saturated carbocycles. The highest BCUT2D eigenvalue weighted by molar-refractivity contribution is 7.89. The van der Waals surface area contributed by atoms with Gasteiger partial charge in [0, 0.05) is 38.8 Å². The Bertz CT molecular complexity index is 910. The van der Waals surface area contributed by atoms with Crippen LogP contribution < -0.4 is 4.90 Å². The number of amides is 1. The summed E-state index contributed by atoms with van der Waals surface area (Å²) >= 11 is 0. The van der Waals surface area contributed by atoms with E-state index in [1.165, 1.54) is 11.2 Å². The molecule has 6 nitrogen and oxygen atoms in total. The van der Waals surface area contributed by atoms with E-state index in [1.54, 1.807) is 35.2 Å². The summed E-state index contributed by atoms with van der Waals surface area (Å²) in [7, 11) is -3.71. The van der Waals surface area contributed by atoms with Gasteiger partial charge < -0.3 is 9.80 Å². The number of carbonyl (C=O) groups is 1. The van der Waals surface area contributed by atoms with E-state index in [1.807, 2.05) is 24.3 Å². The number of hydrogen-bond acceptors (Lipinski definition) is 4. The number of rotatable bonds is 6. The van der Waals surface area contributed by atoms with E-state index in [0.717, 1.165) is 24.3 Å². The second kappa shape index (κ2) is 8.32. The minimum absolute atomic E-state index is 0.136. The van der Waals surface area contributed by atoms with Crippen molar-refractivity contribution >= 4 is 21.6 Å². The van der Waals surface area contributed by atoms with E-state index in [4.69, 9.17) is 0 Å². The Labute approximate surface area is 167 Å². The lowest BCUT2D eigenvalue weighted by Crippen LogP contribution is -2.37. The quantitative estimate of drug-likeness (QED) is 0.746. The van der Waals surface area contributed by atoms with E-state index >= 15 is 0 Å². The largest absolute Gasteiger partial charge is 0.372 e. The van der Waals surface area contributed by atoms with Crippen LogP contribution in [0.1, 0.15) is 32.5 Å². The van der Waals surface area contributed by atoms with E-state index in [2.05, 4.69) is 18.7 Å². The Morgan fingerprint density at radius 2 is 1.61 bits per heavy atom. The fourth-order valence-electron chi connectivity index (χ4n) is 3.71. The highest BCUT2D eigenvalue weighted by Crippen LogP contribution is 2.35. The third-order valence-corrected chi connectivity index (χ3v) is 7.07. The van der Waals surface area contributed by atoms with Crippen molar-refractivity contribution in [2.24, 2.45) is 0 Å². The Balaban J connectivity index is 2.00. The molecular weight excluding hydrogens is 374 g/mol. The van der Waals surface area contributed by atoms with E-state index in [-0.39, 0.29) is 17.3 Å². The molecule has 0 aliphatic carbocycles. The van der Waals surface area contributed by atoms with Gasteiger partial charge in [-0.1, -0.05) is 30.3 Å². The first-order chi connectivity index (χ1) is 13.4. The van der Waals surface area contributed by atoms with Crippen molar-refractivity contribution in [3.05, 3.63) is 60.2 Å². The van der Waals surface area contributed by atoms with Crippen LogP contribution in [0.4, 0.5) is 5.69 Å². The normalized spacial score (nSPS) is 17.7. The van der Waals surface area contributed by atoms with Crippen LogP contribution in [0, 0.1) is 0 Å². The van der Waals surface area contributed by atoms with Crippen LogP contribution in [0.15, 0.2) is 59.5 Å². The standard InChI is InChI=1S/C21H27N3O3S/c1-4-22(5-2)19-13-11-18(12-14-19)21-23(17(3)25)15-16-24(21)28(26,27)20-9-7-6-8-10-20/h6-14,21H,4-5,15-16H2,1-3H3/t21-/m1/s1. The molecule has 1 aliphatic heterocycles. The monoisotopic (exact) mass is 401 g/mol. The van der Waals surface area contributed by atoms with Crippen molar-refractivity contribution in [3.63, 3.8) is 0 Å². The zero-order chi connectivity index (χ0) is 20.3. The minimum Gasteiger partial charge on any atom is -0.372 e. The lowest BCUT2D eigenvalue weighted by molar-refractivity contribution is -0.130. The van der Waals surface area contributed by atoms with E-state index in [9.17, 15) is 13.2 Å². The Hall–Kier alpha value is -2.38. The minimum atomic E-state index is -3.71. The molecule has 1 saturated heterocycles. The molecule has 0 N–H and O–H groups in total. The number of carbonyl (C=O) groups excluding carboxylic acids is 1. The SMILES string of the molecule is CCN(CC)c1ccc([C@@H]2N(C(C)=O)CCN2S(=O)(=O)c2ccccc2)cc1. The number of sulfonamides is 1. The van der Waals surface area contributed by atoms with Gasteiger partial charge in [0.1, 0.15) is 6.17 Å². The molecule has 0 aromatic heterocycles. The molecule has 0 bridgehead atoms. The molecule has 2 aromatic carbocycles. The molecule has 3 rings (SSSR count). The number of hydrogen-bond donors (Lipinski definition) is 0. The van der Waals surface area contributed by atoms with Crippen LogP contribution in [-0.2, 0) is 14.8 Å². The van der Waals surface area contributed by atoms with Gasteiger partial charge in [-0.05, 0) is 43.7 Å². The van der Waals surface area contributed by atoms with Crippen LogP contribution in [-0.4, -0.2) is 49.7 Å². The highest BCUT2D eigenvalue weighted by atomic mass is 32.2. The summed E-state index contributed by atoms with van der Waals surface area (Å²) in [5.74, 6) is -0.136. The maximum atomic E-state index is 13.2. The average molecular weight is 402 g/mol. The summed E-state index contributed by atoms with van der Waals surface area (Å²) < 4.78 is 27.9. The van der Waals surface area contributed by atoms with E-state index in [0.29, 0.717) is 6.54 Å². The van der Waals surface area contributed by atoms with Crippen LogP contribution in [0.5, 0.6) is 0 Å². The molecule has 150 valence electrons. The molecule has 28 heavy (non-hydrogen) atoms. The molecule has 1 fully saturated rings. The smallest absolute Gasteiger partial charge is 0.245 e. The maximum absolute atomic E-state index is 13.2. The van der Waals surface area contributed by atoms with Gasteiger partial charge in [-0.2, -0.15) is 4.31 Å². The van der Waals surface area contributed by atoms with Crippen molar-refractivity contribution in [1.82, 2.24) is 9.21 Å². The van der Waals surface area contributed by atoms with Gasteiger partial charge in [-0.15, -0.1) is 0 Å². The van der Waals surface area contributed by atoms with Gasteiger partial charge in [0.2, 0.25) is 15.9 Å². The van der Waals surface area contributed by atoms with Gasteiger partial charge in [0.15, 0.2) is 0 Å². The van der Waals surface area contributed by atoms with Gasteiger partial charge in [0.25, 0.3) is 0 Å². The molecule has 0 spiro atoms. The van der Waals surface area contributed by atoms with Gasteiger partial charge >= 0.3 is 0 Å². The molecule has 0 unspecified atom stereocenters. The fourth-order valence-corrected chi connectivity index (χ4v) is 5.30. The molecule has 1 amide bonds. The zero-order valence-electron chi connectivity index (χ0n) is 16.6. The van der Waals surface area contributed by atoms with Crippen LogP contribution in [0.2, 0.25) is 0 Å². The summed E-state index contributed by atoms with van der Waals surface area (Å²) in [4.78, 5) is 16.3. The number of benzene rings is 2. The highest BCUT2D eigenvalue weighted by Gasteiger charge is 2.42. The first-order valence-electron chi connectivity index (χ1n) is 9.59. The fraction of sp³-hybridized carbons (Fsp3) is 0.381. The topological polar surface area (TPSA) is 60.9 Å². The van der Waals surface area contributed by atoms with Crippen molar-refractivity contribution in [2.45, 2.75) is 31.8 Å². The summed E-state index contributed by atoms with van der Waals surface area (Å²) in [5, 5.41) is 0. The van der Waals surface area contributed by atoms with Crippen molar-refractivity contribution in [2.75, 3.05) is 31.1 Å². The average Bonchev–Trinajstić information content (AvgIpc) is 3.16. The summed E-state index contributed by atoms with van der Waals surface area (Å²) in [6.45, 7) is 8.12. The molecule has 7 heteroatoms. The zero-order valence-corrected chi connectivity index (χ0v) is 17.4. The Morgan fingerprint density at radius 3 is 2.14 bits per heavy atom. The second-order valence-electron chi connectivity index (χ2n) is 6.78. The summed E-state index contributed by atoms with van der Waals surface area (Å²) in [6, 6.07) is 16.2. The molecule has 1 aliphatic rings. The predicted octanol–water partition coefficient (Wildman–Crippen LogP) is 3.08. The third-order valence-electron chi connectivity index (χ3n) is 5.20. The van der Waals surface area contributed by atoms with Crippen molar-refractivity contribution < 1.29 is 13.2 Å². The van der Waals surface area contributed by atoms with E-state index < -0.39 is 16.2 Å². The van der Waals surface area contributed by atoms with Crippen molar-refractivity contribution in [3.8, 4) is 0 Å². The van der Waals surface area contributed by atoms with Crippen molar-refractivity contribution in [1.29, 1.82) is 0 Å². The Kier molecular flexibility index (Phi) is 6.05. The molecule has 1 atom stereocenters. The lowest BCUT2D eigenvalue weighted by atomic mass is 10.1. The van der Waals surface area contributed by atoms with Crippen LogP contribution in [0.3, 0.4) is 0 Å². The van der Waals surface area contributed by atoms with Crippen LogP contribution >= 0.6 is 0 Å². The first kappa shape index (κ1) is 20.4. The van der Waals surface area contributed by atoms with Gasteiger partial charge in [-0.25, -0.2) is 8.42 Å². The molecule has 1 heterocycles. The molecule has 2 aromatic rings. The summed E-state index contributed by atoms with van der Waals surface area (Å²) in [5.41, 5.74) is 1.88. The van der Waals surface area contributed by atoms with Gasteiger partial charge in [-0.3, -0.25) is 4.79 Å². The molecular formula is C21H27N3O3S. The lowest BCUT2D eigenvalue weighted by Gasteiger charge is -2.30. The Morgan fingerprint density at radius 1 is 1.00 bits per heavy atom.